The van der Waals surface area contributed by atoms with Crippen LogP contribution in [0.25, 0.3) is 0 Å². The van der Waals surface area contributed by atoms with Gasteiger partial charge in [0.1, 0.15) is 10.6 Å². The van der Waals surface area contributed by atoms with Crippen molar-refractivity contribution in [2.45, 2.75) is 11.5 Å². The summed E-state index contributed by atoms with van der Waals surface area (Å²) in [5, 5.41) is 8.71. The highest BCUT2D eigenvalue weighted by atomic mass is 35.5. The molecule has 0 amide bonds. The Labute approximate surface area is 140 Å². The highest BCUT2D eigenvalue weighted by Crippen LogP contribution is 2.30. The molecule has 0 atom stereocenters. The Bertz CT molecular complexity index is 873. The van der Waals surface area contributed by atoms with Gasteiger partial charge in [-0.3, -0.25) is 4.72 Å². The predicted octanol–water partition coefficient (Wildman–Crippen LogP) is 3.44. The molecule has 0 aliphatic heterocycles. The topological polar surface area (TPSA) is 92.7 Å². The van der Waals surface area contributed by atoms with Crippen LogP contribution in [0.3, 0.4) is 0 Å². The van der Waals surface area contributed by atoms with Gasteiger partial charge in [-0.05, 0) is 30.3 Å². The van der Waals surface area contributed by atoms with Crippen LogP contribution in [-0.2, 0) is 10.0 Å². The molecule has 0 radical (unpaired) electrons. The first kappa shape index (κ1) is 18.0. The summed E-state index contributed by atoms with van der Waals surface area (Å²) in [6.45, 7) is -3.14. The van der Waals surface area contributed by atoms with Crippen molar-refractivity contribution in [3.63, 3.8) is 0 Å². The third kappa shape index (κ3) is 4.12. The first-order valence-corrected chi connectivity index (χ1v) is 8.16. The fourth-order valence-corrected chi connectivity index (χ4v) is 3.39. The Balaban J connectivity index is 2.43. The van der Waals surface area contributed by atoms with Gasteiger partial charge in [-0.1, -0.05) is 23.7 Å². The Kier molecular flexibility index (Phi) is 5.25. The molecule has 2 aromatic rings. The van der Waals surface area contributed by atoms with Gasteiger partial charge in [0.25, 0.3) is 10.0 Å². The van der Waals surface area contributed by atoms with E-state index < -0.39 is 27.5 Å². The minimum absolute atomic E-state index is 0.222. The summed E-state index contributed by atoms with van der Waals surface area (Å²) in [6.07, 6.45) is 0. The third-order valence-electron chi connectivity index (χ3n) is 2.82. The molecule has 2 N–H and O–H groups in total. The van der Waals surface area contributed by atoms with Crippen LogP contribution >= 0.6 is 11.6 Å². The van der Waals surface area contributed by atoms with Gasteiger partial charge in [0.15, 0.2) is 0 Å². The molecule has 24 heavy (non-hydrogen) atoms. The van der Waals surface area contributed by atoms with Crippen molar-refractivity contribution in [1.29, 1.82) is 0 Å². The molecule has 6 nitrogen and oxygen atoms in total. The monoisotopic (exact) mass is 377 g/mol. The molecule has 0 unspecified atom stereocenters. The molecule has 0 aliphatic rings. The van der Waals surface area contributed by atoms with Crippen LogP contribution in [0.5, 0.6) is 5.75 Å². The van der Waals surface area contributed by atoms with E-state index in [9.17, 15) is 22.0 Å². The Morgan fingerprint density at radius 3 is 2.50 bits per heavy atom. The first-order chi connectivity index (χ1) is 11.2. The zero-order chi connectivity index (χ0) is 17.9. The van der Waals surface area contributed by atoms with Gasteiger partial charge in [-0.15, -0.1) is 0 Å². The lowest BCUT2D eigenvalue weighted by atomic mass is 10.2. The Hall–Kier alpha value is -2.39. The van der Waals surface area contributed by atoms with Crippen LogP contribution < -0.4 is 9.46 Å². The van der Waals surface area contributed by atoms with Crippen molar-refractivity contribution in [3.8, 4) is 5.75 Å². The normalized spacial score (nSPS) is 11.3. The number of hydrogen-bond donors (Lipinski definition) is 2. The highest BCUT2D eigenvalue weighted by molar-refractivity contribution is 7.92. The van der Waals surface area contributed by atoms with E-state index in [1.165, 1.54) is 18.2 Å². The van der Waals surface area contributed by atoms with E-state index in [4.69, 9.17) is 16.7 Å². The van der Waals surface area contributed by atoms with Gasteiger partial charge in [0.2, 0.25) is 0 Å². The molecule has 128 valence electrons. The van der Waals surface area contributed by atoms with Crippen LogP contribution in [0.15, 0.2) is 47.4 Å². The van der Waals surface area contributed by atoms with Crippen LogP contribution in [0.4, 0.5) is 14.5 Å². The van der Waals surface area contributed by atoms with Crippen molar-refractivity contribution in [2.75, 3.05) is 4.72 Å². The molecule has 0 bridgehead atoms. The minimum Gasteiger partial charge on any atom is -0.478 e. The third-order valence-corrected chi connectivity index (χ3v) is 4.66. The lowest BCUT2D eigenvalue weighted by Crippen LogP contribution is -2.16. The van der Waals surface area contributed by atoms with E-state index in [-0.39, 0.29) is 22.0 Å². The Morgan fingerprint density at radius 2 is 1.88 bits per heavy atom. The number of sulfonamides is 1. The van der Waals surface area contributed by atoms with Crippen LogP contribution in [0, 0.1) is 0 Å². The van der Waals surface area contributed by atoms with Gasteiger partial charge in [-0.2, -0.15) is 8.78 Å². The van der Waals surface area contributed by atoms with Crippen molar-refractivity contribution in [2.24, 2.45) is 0 Å². The number of rotatable bonds is 6. The van der Waals surface area contributed by atoms with E-state index in [0.29, 0.717) is 0 Å². The number of aromatic carboxylic acids is 1. The van der Waals surface area contributed by atoms with Crippen LogP contribution in [0.2, 0.25) is 5.02 Å². The number of carbonyl (C=O) groups is 1. The summed E-state index contributed by atoms with van der Waals surface area (Å²) in [4.78, 5) is 10.5. The van der Waals surface area contributed by atoms with Gasteiger partial charge in [0.05, 0.1) is 16.3 Å². The fraction of sp³-hybridized carbons (Fsp3) is 0.0714. The lowest BCUT2D eigenvalue weighted by Gasteiger charge is -2.14. The lowest BCUT2D eigenvalue weighted by molar-refractivity contribution is -0.0493. The molecule has 0 saturated carbocycles. The van der Waals surface area contributed by atoms with E-state index >= 15 is 0 Å². The maximum atomic E-state index is 12.4. The van der Waals surface area contributed by atoms with E-state index in [0.717, 1.165) is 24.3 Å². The van der Waals surface area contributed by atoms with Gasteiger partial charge in [-0.25, -0.2) is 13.2 Å². The number of halogens is 3. The molecule has 0 saturated heterocycles. The van der Waals surface area contributed by atoms with E-state index in [2.05, 4.69) is 9.46 Å². The molecule has 0 aromatic heterocycles. The molecule has 0 aliphatic carbocycles. The number of para-hydroxylation sites is 2. The zero-order valence-electron chi connectivity index (χ0n) is 11.7. The standard InChI is InChI=1S/C14H10ClF2NO5S/c15-9-6-5-8(13(19)20)7-12(9)24(21,22)18-10-3-1-2-4-11(10)23-14(16)17/h1-7,14,18H,(H,19,20). The number of alkyl halides is 2. The number of hydrogen-bond acceptors (Lipinski definition) is 4. The minimum atomic E-state index is -4.33. The van der Waals surface area contributed by atoms with Crippen molar-refractivity contribution < 1.29 is 31.8 Å². The molecular weight excluding hydrogens is 368 g/mol. The van der Waals surface area contributed by atoms with Crippen molar-refractivity contribution in [3.05, 3.63) is 53.1 Å². The molecule has 0 heterocycles. The molecule has 2 aromatic carbocycles. The summed E-state index contributed by atoms with van der Waals surface area (Å²) in [7, 11) is -4.33. The zero-order valence-corrected chi connectivity index (χ0v) is 13.3. The van der Waals surface area contributed by atoms with Gasteiger partial charge in [0, 0.05) is 0 Å². The maximum absolute atomic E-state index is 12.4. The number of anilines is 1. The van der Waals surface area contributed by atoms with Gasteiger partial charge >= 0.3 is 12.6 Å². The molecule has 2 rings (SSSR count). The second-order valence-corrected chi connectivity index (χ2v) is 6.49. The maximum Gasteiger partial charge on any atom is 0.387 e. The fourth-order valence-electron chi connectivity index (χ4n) is 1.79. The van der Waals surface area contributed by atoms with Crippen molar-refractivity contribution >= 4 is 33.3 Å². The van der Waals surface area contributed by atoms with Crippen molar-refractivity contribution in [1.82, 2.24) is 0 Å². The predicted molar refractivity (Wildman–Crippen MR) is 82.3 cm³/mol. The molecular formula is C14H10ClF2NO5S. The average Bonchev–Trinajstić information content (AvgIpc) is 2.48. The van der Waals surface area contributed by atoms with Crippen LogP contribution in [0.1, 0.15) is 10.4 Å². The second kappa shape index (κ2) is 7.02. The smallest absolute Gasteiger partial charge is 0.387 e. The van der Waals surface area contributed by atoms with Crippen LogP contribution in [-0.4, -0.2) is 26.1 Å². The summed E-state index contributed by atoms with van der Waals surface area (Å²) in [5.41, 5.74) is -0.536. The molecule has 0 spiro atoms. The SMILES string of the molecule is O=C(O)c1ccc(Cl)c(S(=O)(=O)Nc2ccccc2OC(F)F)c1. The Morgan fingerprint density at radius 1 is 1.21 bits per heavy atom. The number of benzene rings is 2. The first-order valence-electron chi connectivity index (χ1n) is 6.30. The largest absolute Gasteiger partial charge is 0.478 e. The van der Waals surface area contributed by atoms with E-state index in [1.54, 1.807) is 0 Å². The van der Waals surface area contributed by atoms with Gasteiger partial charge < -0.3 is 9.84 Å². The summed E-state index contributed by atoms with van der Waals surface area (Å²) in [6, 6.07) is 8.27. The average molecular weight is 378 g/mol. The second-order valence-electron chi connectivity index (χ2n) is 4.43. The summed E-state index contributed by atoms with van der Waals surface area (Å²) < 4.78 is 55.8. The quantitative estimate of drug-likeness (QED) is 0.804. The van der Waals surface area contributed by atoms with E-state index in [1.807, 2.05) is 0 Å². The summed E-state index contributed by atoms with van der Waals surface area (Å²) in [5.74, 6) is -1.73. The molecule has 0 fully saturated rings. The highest BCUT2D eigenvalue weighted by Gasteiger charge is 2.22. The number of carboxylic acid groups (broad SMARTS) is 1. The molecule has 10 heteroatoms. The number of nitrogens with one attached hydrogen (secondary N) is 1. The number of ether oxygens (including phenoxy) is 1. The summed E-state index contributed by atoms with van der Waals surface area (Å²) >= 11 is 5.81. The number of carboxylic acids is 1.